The third-order valence-corrected chi connectivity index (χ3v) is 2.83. The van der Waals surface area contributed by atoms with Crippen LogP contribution in [-0.4, -0.2) is 4.98 Å². The van der Waals surface area contributed by atoms with Gasteiger partial charge in [0.2, 0.25) is 5.95 Å². The summed E-state index contributed by atoms with van der Waals surface area (Å²) < 4.78 is 12.8. The highest BCUT2D eigenvalue weighted by Gasteiger charge is 2.15. The molecular formula is C11H14FN. The van der Waals surface area contributed by atoms with Gasteiger partial charge in [0, 0.05) is 6.20 Å². The normalized spacial score (nSPS) is 18.8. The Balaban J connectivity index is 2.14. The van der Waals surface area contributed by atoms with Gasteiger partial charge in [-0.3, -0.25) is 0 Å². The zero-order valence-corrected chi connectivity index (χ0v) is 7.67. The fourth-order valence-corrected chi connectivity index (χ4v) is 2.11. The van der Waals surface area contributed by atoms with Gasteiger partial charge in [0.15, 0.2) is 0 Å². The van der Waals surface area contributed by atoms with Crippen molar-refractivity contribution in [3.8, 4) is 0 Å². The Morgan fingerprint density at radius 3 is 2.69 bits per heavy atom. The highest BCUT2D eigenvalue weighted by atomic mass is 19.1. The molecule has 0 spiro atoms. The molecule has 1 aromatic rings. The van der Waals surface area contributed by atoms with E-state index < -0.39 is 0 Å². The van der Waals surface area contributed by atoms with E-state index in [0.29, 0.717) is 5.92 Å². The molecule has 1 aliphatic carbocycles. The van der Waals surface area contributed by atoms with E-state index in [-0.39, 0.29) is 5.95 Å². The van der Waals surface area contributed by atoms with E-state index in [1.165, 1.54) is 32.1 Å². The van der Waals surface area contributed by atoms with Gasteiger partial charge in [-0.2, -0.15) is 4.39 Å². The number of rotatable bonds is 1. The summed E-state index contributed by atoms with van der Waals surface area (Å²) in [5, 5.41) is 0. The van der Waals surface area contributed by atoms with Crippen LogP contribution in [-0.2, 0) is 0 Å². The fraction of sp³-hybridized carbons (Fsp3) is 0.545. The van der Waals surface area contributed by atoms with Crippen LogP contribution < -0.4 is 0 Å². The number of aromatic nitrogens is 1. The van der Waals surface area contributed by atoms with Gasteiger partial charge in [-0.05, 0) is 36.5 Å². The number of nitrogens with zero attached hydrogens (tertiary/aromatic N) is 1. The Hall–Kier alpha value is -0.920. The van der Waals surface area contributed by atoms with Gasteiger partial charge in [-0.15, -0.1) is 0 Å². The van der Waals surface area contributed by atoms with E-state index in [1.807, 2.05) is 6.07 Å². The molecule has 0 radical (unpaired) electrons. The van der Waals surface area contributed by atoms with E-state index >= 15 is 0 Å². The first kappa shape index (κ1) is 8.67. The maximum atomic E-state index is 12.8. The zero-order valence-electron chi connectivity index (χ0n) is 7.67. The summed E-state index contributed by atoms with van der Waals surface area (Å²) in [6.07, 6.45) is 7.90. The quantitative estimate of drug-likeness (QED) is 0.603. The van der Waals surface area contributed by atoms with Gasteiger partial charge >= 0.3 is 0 Å². The number of hydrogen-bond acceptors (Lipinski definition) is 1. The molecule has 13 heavy (non-hydrogen) atoms. The smallest absolute Gasteiger partial charge is 0.213 e. The Bertz CT molecular complexity index is 279. The van der Waals surface area contributed by atoms with Crippen molar-refractivity contribution < 1.29 is 4.39 Å². The molecule has 0 N–H and O–H groups in total. The summed E-state index contributed by atoms with van der Waals surface area (Å²) >= 11 is 0. The lowest BCUT2D eigenvalue weighted by Crippen LogP contribution is -2.04. The summed E-state index contributed by atoms with van der Waals surface area (Å²) in [6.45, 7) is 0. The number of hydrogen-bond donors (Lipinski definition) is 0. The molecule has 1 aromatic heterocycles. The monoisotopic (exact) mass is 179 g/mol. The highest BCUT2D eigenvalue weighted by molar-refractivity contribution is 5.16. The molecule has 70 valence electrons. The van der Waals surface area contributed by atoms with Gasteiger partial charge in [0.25, 0.3) is 0 Å². The third-order valence-electron chi connectivity index (χ3n) is 2.83. The zero-order chi connectivity index (χ0) is 9.10. The molecule has 0 atom stereocenters. The van der Waals surface area contributed by atoms with Crippen molar-refractivity contribution in [3.05, 3.63) is 29.8 Å². The maximum absolute atomic E-state index is 12.8. The van der Waals surface area contributed by atoms with Crippen molar-refractivity contribution >= 4 is 0 Å². The van der Waals surface area contributed by atoms with Crippen LogP contribution in [0.3, 0.4) is 0 Å². The summed E-state index contributed by atoms with van der Waals surface area (Å²) in [6, 6.07) is 3.52. The minimum absolute atomic E-state index is 0.344. The number of pyridine rings is 1. The largest absolute Gasteiger partial charge is 0.228 e. The molecule has 0 amide bonds. The van der Waals surface area contributed by atoms with Crippen molar-refractivity contribution in [2.24, 2.45) is 0 Å². The molecule has 1 aliphatic rings. The Morgan fingerprint density at radius 1 is 1.23 bits per heavy atom. The minimum Gasteiger partial charge on any atom is -0.228 e. The van der Waals surface area contributed by atoms with E-state index in [9.17, 15) is 4.39 Å². The van der Waals surface area contributed by atoms with Crippen LogP contribution in [0.4, 0.5) is 4.39 Å². The Kier molecular flexibility index (Phi) is 2.57. The molecule has 1 fully saturated rings. The van der Waals surface area contributed by atoms with Gasteiger partial charge in [0.05, 0.1) is 0 Å². The van der Waals surface area contributed by atoms with Crippen molar-refractivity contribution in [2.45, 2.75) is 38.0 Å². The molecule has 1 heterocycles. The fourth-order valence-electron chi connectivity index (χ4n) is 2.11. The second-order valence-electron chi connectivity index (χ2n) is 3.75. The lowest BCUT2D eigenvalue weighted by molar-refractivity contribution is 0.441. The summed E-state index contributed by atoms with van der Waals surface area (Å²) in [4.78, 5) is 3.57. The number of halogens is 1. The SMILES string of the molecule is Fc1cc(C2CCCCC2)ccn1. The molecule has 0 bridgehead atoms. The van der Waals surface area contributed by atoms with E-state index in [1.54, 1.807) is 12.3 Å². The molecule has 1 saturated carbocycles. The first-order valence-electron chi connectivity index (χ1n) is 4.98. The van der Waals surface area contributed by atoms with Crippen LogP contribution >= 0.6 is 0 Å². The van der Waals surface area contributed by atoms with Crippen LogP contribution in [0.2, 0.25) is 0 Å². The van der Waals surface area contributed by atoms with Crippen LogP contribution in [0, 0.1) is 5.95 Å². The van der Waals surface area contributed by atoms with Crippen molar-refractivity contribution in [3.63, 3.8) is 0 Å². The predicted molar refractivity (Wildman–Crippen MR) is 50.0 cm³/mol. The first-order chi connectivity index (χ1) is 6.36. The predicted octanol–water partition coefficient (Wildman–Crippen LogP) is 3.27. The lowest BCUT2D eigenvalue weighted by atomic mass is 9.84. The van der Waals surface area contributed by atoms with Crippen LogP contribution in [0.25, 0.3) is 0 Å². The van der Waals surface area contributed by atoms with Crippen LogP contribution in [0.1, 0.15) is 43.6 Å². The standard InChI is InChI=1S/C11H14FN/c12-11-8-10(6-7-13-11)9-4-2-1-3-5-9/h6-9H,1-5H2. The maximum Gasteiger partial charge on any atom is 0.213 e. The second kappa shape index (κ2) is 3.86. The Morgan fingerprint density at radius 2 is 2.00 bits per heavy atom. The molecule has 0 aliphatic heterocycles. The average Bonchev–Trinajstić information content (AvgIpc) is 2.19. The second-order valence-corrected chi connectivity index (χ2v) is 3.75. The van der Waals surface area contributed by atoms with Crippen molar-refractivity contribution in [2.75, 3.05) is 0 Å². The molecule has 0 aromatic carbocycles. The van der Waals surface area contributed by atoms with Gasteiger partial charge < -0.3 is 0 Å². The Labute approximate surface area is 78.0 Å². The highest BCUT2D eigenvalue weighted by Crippen LogP contribution is 2.32. The molecule has 0 unspecified atom stereocenters. The summed E-state index contributed by atoms with van der Waals surface area (Å²) in [7, 11) is 0. The summed E-state index contributed by atoms with van der Waals surface area (Å²) in [5.74, 6) is 0.231. The average molecular weight is 179 g/mol. The van der Waals surface area contributed by atoms with E-state index in [2.05, 4.69) is 4.98 Å². The van der Waals surface area contributed by atoms with Gasteiger partial charge in [0.1, 0.15) is 0 Å². The van der Waals surface area contributed by atoms with E-state index in [0.717, 1.165) is 5.56 Å². The molecular weight excluding hydrogens is 165 g/mol. The van der Waals surface area contributed by atoms with E-state index in [4.69, 9.17) is 0 Å². The van der Waals surface area contributed by atoms with Crippen molar-refractivity contribution in [1.29, 1.82) is 0 Å². The lowest BCUT2D eigenvalue weighted by Gasteiger charge is -2.21. The molecule has 2 heteroatoms. The van der Waals surface area contributed by atoms with Gasteiger partial charge in [-0.1, -0.05) is 19.3 Å². The minimum atomic E-state index is -0.344. The van der Waals surface area contributed by atoms with Crippen molar-refractivity contribution in [1.82, 2.24) is 4.98 Å². The van der Waals surface area contributed by atoms with Crippen LogP contribution in [0.15, 0.2) is 18.3 Å². The third kappa shape index (κ3) is 2.06. The molecule has 2 rings (SSSR count). The first-order valence-corrected chi connectivity index (χ1v) is 4.98. The topological polar surface area (TPSA) is 12.9 Å². The van der Waals surface area contributed by atoms with Crippen LogP contribution in [0.5, 0.6) is 0 Å². The van der Waals surface area contributed by atoms with Gasteiger partial charge in [-0.25, -0.2) is 4.98 Å². The molecule has 1 nitrogen and oxygen atoms in total. The molecule has 0 saturated heterocycles. The summed E-state index contributed by atoms with van der Waals surface area (Å²) in [5.41, 5.74) is 1.13.